The van der Waals surface area contributed by atoms with Crippen LogP contribution >= 0.6 is 0 Å². The number of aromatic hydroxyl groups is 1. The van der Waals surface area contributed by atoms with E-state index in [-0.39, 0.29) is 23.6 Å². The zero-order valence-corrected chi connectivity index (χ0v) is 12.9. The lowest BCUT2D eigenvalue weighted by Crippen LogP contribution is -2.36. The second-order valence-electron chi connectivity index (χ2n) is 6.22. The number of hydrogen-bond acceptors (Lipinski definition) is 3. The molecule has 0 aromatic heterocycles. The molecule has 4 nitrogen and oxygen atoms in total. The molecule has 116 valence electrons. The third-order valence-electron chi connectivity index (χ3n) is 4.97. The summed E-state index contributed by atoms with van der Waals surface area (Å²) in [6.45, 7) is 1.68. The highest BCUT2D eigenvalue weighted by molar-refractivity contribution is 6.22. The van der Waals surface area contributed by atoms with Crippen molar-refractivity contribution in [2.45, 2.75) is 32.2 Å². The third kappa shape index (κ3) is 1.91. The minimum Gasteiger partial charge on any atom is -0.508 e. The van der Waals surface area contributed by atoms with Crippen LogP contribution in [0.5, 0.6) is 5.75 Å². The molecule has 1 aliphatic carbocycles. The van der Waals surface area contributed by atoms with Gasteiger partial charge in [-0.2, -0.15) is 0 Å². The van der Waals surface area contributed by atoms with Crippen LogP contribution in [0.3, 0.4) is 0 Å². The van der Waals surface area contributed by atoms with Crippen LogP contribution in [-0.4, -0.2) is 21.8 Å². The Morgan fingerprint density at radius 2 is 1.87 bits per heavy atom. The SMILES string of the molecule is Cc1c(O)ccc2c1C(=O)N([C@H]1CCCc3ccccc31)C2=O. The van der Waals surface area contributed by atoms with Crippen molar-refractivity contribution in [3.8, 4) is 5.75 Å². The molecule has 1 heterocycles. The largest absolute Gasteiger partial charge is 0.508 e. The highest BCUT2D eigenvalue weighted by Gasteiger charge is 2.42. The molecule has 1 atom stereocenters. The maximum absolute atomic E-state index is 12.9. The van der Waals surface area contributed by atoms with E-state index in [1.54, 1.807) is 13.0 Å². The fourth-order valence-electron chi connectivity index (χ4n) is 3.78. The lowest BCUT2D eigenvalue weighted by Gasteiger charge is -2.31. The van der Waals surface area contributed by atoms with Gasteiger partial charge in [-0.05, 0) is 49.4 Å². The number of hydrogen-bond donors (Lipinski definition) is 1. The van der Waals surface area contributed by atoms with Crippen molar-refractivity contribution in [2.24, 2.45) is 0 Å². The van der Waals surface area contributed by atoms with Gasteiger partial charge in [-0.1, -0.05) is 24.3 Å². The van der Waals surface area contributed by atoms with Crippen molar-refractivity contribution in [3.63, 3.8) is 0 Å². The molecule has 2 amide bonds. The molecule has 4 heteroatoms. The first kappa shape index (κ1) is 14.0. The molecule has 2 aromatic rings. The summed E-state index contributed by atoms with van der Waals surface area (Å²) in [5.41, 5.74) is 3.49. The Morgan fingerprint density at radius 3 is 2.70 bits per heavy atom. The molecule has 2 aromatic carbocycles. The van der Waals surface area contributed by atoms with Crippen molar-refractivity contribution < 1.29 is 14.7 Å². The zero-order valence-electron chi connectivity index (χ0n) is 12.9. The maximum atomic E-state index is 12.9. The topological polar surface area (TPSA) is 57.6 Å². The average molecular weight is 307 g/mol. The fourth-order valence-corrected chi connectivity index (χ4v) is 3.78. The number of phenols is 1. The number of imide groups is 1. The minimum atomic E-state index is -0.292. The van der Waals surface area contributed by atoms with Crippen LogP contribution in [-0.2, 0) is 6.42 Å². The van der Waals surface area contributed by atoms with Crippen LogP contribution in [0.4, 0.5) is 0 Å². The second-order valence-corrected chi connectivity index (χ2v) is 6.22. The van der Waals surface area contributed by atoms with Gasteiger partial charge < -0.3 is 5.11 Å². The van der Waals surface area contributed by atoms with Gasteiger partial charge in [0.25, 0.3) is 11.8 Å². The molecule has 0 unspecified atom stereocenters. The Kier molecular flexibility index (Phi) is 3.01. The molecular formula is C19H17NO3. The number of phenolic OH excluding ortho intramolecular Hbond substituents is 1. The quantitative estimate of drug-likeness (QED) is 0.822. The standard InChI is InChI=1S/C19H17NO3/c1-11-16(21)10-9-14-17(11)19(23)20(18(14)22)15-8-4-6-12-5-2-3-7-13(12)15/h2-3,5,7,9-10,15,21H,4,6,8H2,1H3/t15-/m0/s1. The number of benzene rings is 2. The minimum absolute atomic E-state index is 0.0517. The summed E-state index contributed by atoms with van der Waals surface area (Å²) in [5, 5.41) is 9.86. The molecule has 0 fully saturated rings. The van der Waals surface area contributed by atoms with Gasteiger partial charge in [0.05, 0.1) is 17.2 Å². The third-order valence-corrected chi connectivity index (χ3v) is 4.97. The van der Waals surface area contributed by atoms with E-state index >= 15 is 0 Å². The lowest BCUT2D eigenvalue weighted by molar-refractivity contribution is 0.0566. The molecule has 0 saturated heterocycles. The number of fused-ring (bicyclic) bond motifs is 2. The van der Waals surface area contributed by atoms with Crippen LogP contribution in [0.25, 0.3) is 0 Å². The Balaban J connectivity index is 1.83. The number of carbonyl (C=O) groups excluding carboxylic acids is 2. The predicted octanol–water partition coefficient (Wildman–Crippen LogP) is 3.37. The van der Waals surface area contributed by atoms with Crippen molar-refractivity contribution >= 4 is 11.8 Å². The van der Waals surface area contributed by atoms with Gasteiger partial charge in [0, 0.05) is 5.56 Å². The molecule has 0 radical (unpaired) electrons. The number of nitrogens with zero attached hydrogens (tertiary/aromatic N) is 1. The highest BCUT2D eigenvalue weighted by Crippen LogP contribution is 2.40. The van der Waals surface area contributed by atoms with Gasteiger partial charge in [0.2, 0.25) is 0 Å². The summed E-state index contributed by atoms with van der Waals surface area (Å²) >= 11 is 0. The van der Waals surface area contributed by atoms with E-state index in [1.807, 2.05) is 18.2 Å². The number of carbonyl (C=O) groups is 2. The van der Waals surface area contributed by atoms with Crippen LogP contribution in [0.2, 0.25) is 0 Å². The summed E-state index contributed by atoms with van der Waals surface area (Å²) in [4.78, 5) is 27.1. The summed E-state index contributed by atoms with van der Waals surface area (Å²) < 4.78 is 0. The summed E-state index contributed by atoms with van der Waals surface area (Å²) in [6, 6.07) is 10.8. The highest BCUT2D eigenvalue weighted by atomic mass is 16.3. The first-order chi connectivity index (χ1) is 11.1. The van der Waals surface area contributed by atoms with Crippen molar-refractivity contribution in [1.29, 1.82) is 0 Å². The molecular weight excluding hydrogens is 290 g/mol. The molecule has 0 bridgehead atoms. The molecule has 0 saturated carbocycles. The zero-order chi connectivity index (χ0) is 16.1. The van der Waals surface area contributed by atoms with Gasteiger partial charge in [-0.15, -0.1) is 0 Å². The van der Waals surface area contributed by atoms with E-state index in [0.717, 1.165) is 24.8 Å². The van der Waals surface area contributed by atoms with Gasteiger partial charge in [0.15, 0.2) is 0 Å². The summed E-state index contributed by atoms with van der Waals surface area (Å²) in [6.07, 6.45) is 2.72. The predicted molar refractivity (Wildman–Crippen MR) is 85.5 cm³/mol. The van der Waals surface area contributed by atoms with Crippen molar-refractivity contribution in [1.82, 2.24) is 4.90 Å². The second kappa shape index (κ2) is 4.95. The molecule has 4 rings (SSSR count). The summed E-state index contributed by atoms with van der Waals surface area (Å²) in [5.74, 6) is -0.495. The van der Waals surface area contributed by atoms with Crippen LogP contribution < -0.4 is 0 Å². The molecule has 23 heavy (non-hydrogen) atoms. The number of amides is 2. The van der Waals surface area contributed by atoms with Crippen LogP contribution in [0, 0.1) is 6.92 Å². The molecule has 0 spiro atoms. The van der Waals surface area contributed by atoms with Crippen molar-refractivity contribution in [3.05, 3.63) is 64.2 Å². The van der Waals surface area contributed by atoms with E-state index in [9.17, 15) is 14.7 Å². The van der Waals surface area contributed by atoms with E-state index in [0.29, 0.717) is 16.7 Å². The van der Waals surface area contributed by atoms with E-state index in [2.05, 4.69) is 6.07 Å². The van der Waals surface area contributed by atoms with Crippen molar-refractivity contribution in [2.75, 3.05) is 0 Å². The smallest absolute Gasteiger partial charge is 0.262 e. The van der Waals surface area contributed by atoms with E-state index < -0.39 is 0 Å². The monoisotopic (exact) mass is 307 g/mol. The Morgan fingerprint density at radius 1 is 1.09 bits per heavy atom. The summed E-state index contributed by atoms with van der Waals surface area (Å²) in [7, 11) is 0. The van der Waals surface area contributed by atoms with Crippen LogP contribution in [0.1, 0.15) is 56.3 Å². The Labute approximate surface area is 134 Å². The average Bonchev–Trinajstić information content (AvgIpc) is 2.82. The van der Waals surface area contributed by atoms with Gasteiger partial charge >= 0.3 is 0 Å². The molecule has 1 N–H and O–H groups in total. The first-order valence-corrected chi connectivity index (χ1v) is 7.88. The van der Waals surface area contributed by atoms with Gasteiger partial charge in [-0.25, -0.2) is 0 Å². The van der Waals surface area contributed by atoms with E-state index in [1.165, 1.54) is 16.5 Å². The van der Waals surface area contributed by atoms with Crippen LogP contribution in [0.15, 0.2) is 36.4 Å². The normalized spacial score (nSPS) is 19.7. The molecule has 1 aliphatic heterocycles. The lowest BCUT2D eigenvalue weighted by atomic mass is 9.87. The van der Waals surface area contributed by atoms with E-state index in [4.69, 9.17) is 0 Å². The number of rotatable bonds is 1. The maximum Gasteiger partial charge on any atom is 0.262 e. The van der Waals surface area contributed by atoms with Gasteiger partial charge in [0.1, 0.15) is 5.75 Å². The first-order valence-electron chi connectivity index (χ1n) is 7.88. The van der Waals surface area contributed by atoms with Gasteiger partial charge in [-0.3, -0.25) is 14.5 Å². The Bertz CT molecular complexity index is 841. The Hall–Kier alpha value is -2.62. The molecule has 2 aliphatic rings. The fraction of sp³-hybridized carbons (Fsp3) is 0.263. The number of aryl methyl sites for hydroxylation is 1.